The average Bonchev–Trinajstić information content (AvgIpc) is 3.07. The molecule has 0 aromatic heterocycles. The molecule has 0 N–H and O–H groups in total. The van der Waals surface area contributed by atoms with Gasteiger partial charge in [-0.3, -0.25) is 4.79 Å². The van der Waals surface area contributed by atoms with E-state index >= 15 is 0 Å². The van der Waals surface area contributed by atoms with Gasteiger partial charge in [-0.05, 0) is 29.8 Å². The summed E-state index contributed by atoms with van der Waals surface area (Å²) in [6, 6.07) is 13.4. The SMILES string of the molecule is COc1ccc([C@H]2CC(c3ccc(Br)cc3)=NN2C(C)=O)c(OC)c1. The maximum absolute atomic E-state index is 12.1. The Balaban J connectivity index is 1.97. The van der Waals surface area contributed by atoms with Gasteiger partial charge in [-0.15, -0.1) is 0 Å². The number of hydrazone groups is 1. The zero-order chi connectivity index (χ0) is 18.0. The Morgan fingerprint density at radius 1 is 1.16 bits per heavy atom. The van der Waals surface area contributed by atoms with E-state index < -0.39 is 0 Å². The molecule has 1 aliphatic heterocycles. The highest BCUT2D eigenvalue weighted by Crippen LogP contribution is 2.39. The fourth-order valence-corrected chi connectivity index (χ4v) is 3.22. The molecule has 3 rings (SSSR count). The van der Waals surface area contributed by atoms with E-state index in [-0.39, 0.29) is 11.9 Å². The molecule has 0 spiro atoms. The minimum absolute atomic E-state index is 0.102. The third kappa shape index (κ3) is 3.54. The summed E-state index contributed by atoms with van der Waals surface area (Å²) in [5.41, 5.74) is 2.80. The minimum atomic E-state index is -0.197. The highest BCUT2D eigenvalue weighted by Gasteiger charge is 2.33. The van der Waals surface area contributed by atoms with Crippen molar-refractivity contribution in [1.29, 1.82) is 0 Å². The molecule has 5 nitrogen and oxygen atoms in total. The first kappa shape index (κ1) is 17.5. The van der Waals surface area contributed by atoms with Crippen LogP contribution in [0.4, 0.5) is 0 Å². The molecule has 0 unspecified atom stereocenters. The largest absolute Gasteiger partial charge is 0.497 e. The predicted molar refractivity (Wildman–Crippen MR) is 100 cm³/mol. The highest BCUT2D eigenvalue weighted by atomic mass is 79.9. The van der Waals surface area contributed by atoms with Crippen LogP contribution in [0.1, 0.15) is 30.5 Å². The van der Waals surface area contributed by atoms with E-state index in [2.05, 4.69) is 21.0 Å². The molecule has 2 aromatic carbocycles. The van der Waals surface area contributed by atoms with Crippen molar-refractivity contribution in [3.63, 3.8) is 0 Å². The second-order valence-corrected chi connectivity index (χ2v) is 6.66. The van der Waals surface area contributed by atoms with Crippen molar-refractivity contribution in [2.24, 2.45) is 5.10 Å². The van der Waals surface area contributed by atoms with Crippen LogP contribution in [0.15, 0.2) is 52.0 Å². The molecule has 2 aromatic rings. The summed E-state index contributed by atoms with van der Waals surface area (Å²) in [6.07, 6.45) is 0.629. The normalized spacial score (nSPS) is 16.6. The number of benzene rings is 2. The van der Waals surface area contributed by atoms with Gasteiger partial charge in [-0.2, -0.15) is 5.10 Å². The van der Waals surface area contributed by atoms with Crippen molar-refractivity contribution >= 4 is 27.5 Å². The van der Waals surface area contributed by atoms with Crippen LogP contribution in [0.5, 0.6) is 11.5 Å². The number of halogens is 1. The summed E-state index contributed by atoms with van der Waals surface area (Å²) in [5, 5.41) is 6.09. The fraction of sp³-hybridized carbons (Fsp3) is 0.263. The van der Waals surface area contributed by atoms with Crippen molar-refractivity contribution in [1.82, 2.24) is 5.01 Å². The molecule has 0 bridgehead atoms. The molecule has 1 amide bonds. The third-order valence-corrected chi connectivity index (χ3v) is 4.74. The Hall–Kier alpha value is -2.34. The molecule has 25 heavy (non-hydrogen) atoms. The summed E-state index contributed by atoms with van der Waals surface area (Å²) >= 11 is 3.44. The minimum Gasteiger partial charge on any atom is -0.497 e. The molecular weight excluding hydrogens is 384 g/mol. The van der Waals surface area contributed by atoms with Gasteiger partial charge >= 0.3 is 0 Å². The molecule has 0 fully saturated rings. The van der Waals surface area contributed by atoms with E-state index in [0.29, 0.717) is 17.9 Å². The zero-order valence-corrected chi connectivity index (χ0v) is 15.9. The lowest BCUT2D eigenvalue weighted by atomic mass is 9.97. The fourth-order valence-electron chi connectivity index (χ4n) is 2.95. The van der Waals surface area contributed by atoms with E-state index in [0.717, 1.165) is 21.3 Å². The number of carbonyl (C=O) groups excluding carboxylic acids is 1. The maximum atomic E-state index is 12.1. The number of amides is 1. The number of hydrogen-bond acceptors (Lipinski definition) is 4. The van der Waals surface area contributed by atoms with Crippen LogP contribution in [-0.4, -0.2) is 30.8 Å². The summed E-state index contributed by atoms with van der Waals surface area (Å²) < 4.78 is 11.8. The van der Waals surface area contributed by atoms with E-state index in [9.17, 15) is 4.79 Å². The Labute approximate surface area is 155 Å². The van der Waals surface area contributed by atoms with Crippen molar-refractivity contribution in [2.75, 3.05) is 14.2 Å². The van der Waals surface area contributed by atoms with Gasteiger partial charge in [0.15, 0.2) is 0 Å². The quantitative estimate of drug-likeness (QED) is 0.770. The second kappa shape index (κ2) is 7.27. The van der Waals surface area contributed by atoms with Crippen LogP contribution in [-0.2, 0) is 4.79 Å². The Morgan fingerprint density at radius 3 is 2.48 bits per heavy atom. The lowest BCUT2D eigenvalue weighted by molar-refractivity contribution is -0.130. The molecular formula is C19H19BrN2O3. The summed E-state index contributed by atoms with van der Waals surface area (Å²) in [4.78, 5) is 12.1. The molecule has 1 heterocycles. The van der Waals surface area contributed by atoms with Crippen LogP contribution in [0, 0.1) is 0 Å². The Kier molecular flexibility index (Phi) is 5.08. The third-order valence-electron chi connectivity index (χ3n) is 4.21. The standard InChI is InChI=1S/C19H19BrN2O3/c1-12(23)22-18(16-9-8-15(24-2)10-19(16)25-3)11-17(21-22)13-4-6-14(20)7-5-13/h4-10,18H,11H2,1-3H3/t18-/m1/s1. The van der Waals surface area contributed by atoms with Gasteiger partial charge in [0.2, 0.25) is 5.91 Å². The highest BCUT2D eigenvalue weighted by molar-refractivity contribution is 9.10. The van der Waals surface area contributed by atoms with Crippen LogP contribution in [0.2, 0.25) is 0 Å². The molecule has 1 aliphatic rings. The number of hydrogen-bond donors (Lipinski definition) is 0. The molecule has 0 radical (unpaired) electrons. The van der Waals surface area contributed by atoms with Gasteiger partial charge in [0.1, 0.15) is 11.5 Å². The van der Waals surface area contributed by atoms with Crippen molar-refractivity contribution in [3.8, 4) is 11.5 Å². The summed E-state index contributed by atoms with van der Waals surface area (Å²) in [6.45, 7) is 1.52. The number of rotatable bonds is 4. The molecule has 6 heteroatoms. The molecule has 0 saturated heterocycles. The maximum Gasteiger partial charge on any atom is 0.240 e. The average molecular weight is 403 g/mol. The van der Waals surface area contributed by atoms with Gasteiger partial charge in [-0.1, -0.05) is 28.1 Å². The van der Waals surface area contributed by atoms with Crippen LogP contribution < -0.4 is 9.47 Å². The van der Waals surface area contributed by atoms with Gasteiger partial charge in [0.25, 0.3) is 0 Å². The van der Waals surface area contributed by atoms with Crippen LogP contribution >= 0.6 is 15.9 Å². The number of methoxy groups -OCH3 is 2. The van der Waals surface area contributed by atoms with E-state index in [1.54, 1.807) is 14.2 Å². The first-order valence-electron chi connectivity index (χ1n) is 7.88. The zero-order valence-electron chi connectivity index (χ0n) is 14.3. The topological polar surface area (TPSA) is 51.1 Å². The molecule has 0 aliphatic carbocycles. The first-order valence-corrected chi connectivity index (χ1v) is 8.68. The lowest BCUT2D eigenvalue weighted by Gasteiger charge is -2.22. The van der Waals surface area contributed by atoms with E-state index in [1.807, 2.05) is 42.5 Å². The van der Waals surface area contributed by atoms with Crippen LogP contribution in [0.25, 0.3) is 0 Å². The molecule has 1 atom stereocenters. The second-order valence-electron chi connectivity index (χ2n) is 5.74. The van der Waals surface area contributed by atoms with Crippen LogP contribution in [0.3, 0.4) is 0 Å². The molecule has 0 saturated carbocycles. The smallest absolute Gasteiger partial charge is 0.240 e. The van der Waals surface area contributed by atoms with E-state index in [1.165, 1.54) is 11.9 Å². The van der Waals surface area contributed by atoms with Gasteiger partial charge < -0.3 is 9.47 Å². The lowest BCUT2D eigenvalue weighted by Crippen LogP contribution is -2.24. The first-order chi connectivity index (χ1) is 12.0. The summed E-state index contributed by atoms with van der Waals surface area (Å²) in [5.74, 6) is 1.29. The van der Waals surface area contributed by atoms with Crippen molar-refractivity contribution < 1.29 is 14.3 Å². The summed E-state index contributed by atoms with van der Waals surface area (Å²) in [7, 11) is 3.22. The van der Waals surface area contributed by atoms with Gasteiger partial charge in [0, 0.05) is 29.4 Å². The van der Waals surface area contributed by atoms with Gasteiger partial charge in [-0.25, -0.2) is 5.01 Å². The number of carbonyl (C=O) groups is 1. The number of nitrogens with zero attached hydrogens (tertiary/aromatic N) is 2. The molecule has 130 valence electrons. The van der Waals surface area contributed by atoms with Crippen molar-refractivity contribution in [2.45, 2.75) is 19.4 Å². The number of ether oxygens (including phenoxy) is 2. The van der Waals surface area contributed by atoms with Gasteiger partial charge in [0.05, 0.1) is 26.0 Å². The monoisotopic (exact) mass is 402 g/mol. The predicted octanol–water partition coefficient (Wildman–Crippen LogP) is 4.16. The van der Waals surface area contributed by atoms with E-state index in [4.69, 9.17) is 9.47 Å². The Bertz CT molecular complexity index is 818. The van der Waals surface area contributed by atoms with Crippen molar-refractivity contribution in [3.05, 3.63) is 58.1 Å². The Morgan fingerprint density at radius 2 is 1.88 bits per heavy atom.